The average Bonchev–Trinajstić information content (AvgIpc) is 2.39. The van der Waals surface area contributed by atoms with Gasteiger partial charge < -0.3 is 11.1 Å². The molecule has 18 heavy (non-hydrogen) atoms. The molecule has 1 amide bonds. The van der Waals surface area contributed by atoms with E-state index in [-0.39, 0.29) is 11.9 Å². The molecule has 1 atom stereocenters. The minimum atomic E-state index is -0.0684. The zero-order valence-corrected chi connectivity index (χ0v) is 10.8. The third-order valence-corrected chi connectivity index (χ3v) is 2.87. The number of carbonyl (C=O) groups is 1. The van der Waals surface area contributed by atoms with Crippen LogP contribution in [0, 0.1) is 12.3 Å². The molecule has 1 rings (SSSR count). The Balaban J connectivity index is 2.80. The summed E-state index contributed by atoms with van der Waals surface area (Å²) < 4.78 is 0. The van der Waals surface area contributed by atoms with Gasteiger partial charge in [0.2, 0.25) is 0 Å². The number of nitrogens with two attached hydrogens (primary N) is 1. The number of hydrogen-bond acceptors (Lipinski definition) is 2. The quantitative estimate of drug-likeness (QED) is 0.749. The predicted molar refractivity (Wildman–Crippen MR) is 74.2 cm³/mol. The van der Waals surface area contributed by atoms with Gasteiger partial charge in [0.25, 0.3) is 5.91 Å². The third-order valence-electron chi connectivity index (χ3n) is 2.87. The summed E-state index contributed by atoms with van der Waals surface area (Å²) in [6, 6.07) is 7.57. The van der Waals surface area contributed by atoms with Gasteiger partial charge in [0, 0.05) is 18.0 Å². The zero-order chi connectivity index (χ0) is 13.4. The van der Waals surface area contributed by atoms with Crippen molar-refractivity contribution >= 4 is 5.91 Å². The first-order valence-corrected chi connectivity index (χ1v) is 6.25. The monoisotopic (exact) mass is 244 g/mol. The van der Waals surface area contributed by atoms with Crippen LogP contribution in [0.15, 0.2) is 24.3 Å². The Kier molecular flexibility index (Phi) is 5.96. The molecular formula is C15H20N2O. The summed E-state index contributed by atoms with van der Waals surface area (Å²) in [5.41, 5.74) is 7.22. The predicted octanol–water partition coefficient (Wildman–Crippen LogP) is 1.72. The van der Waals surface area contributed by atoms with Crippen LogP contribution < -0.4 is 11.1 Å². The summed E-state index contributed by atoms with van der Waals surface area (Å²) in [7, 11) is 0. The molecule has 3 nitrogen and oxygen atoms in total. The summed E-state index contributed by atoms with van der Waals surface area (Å²) in [6.45, 7) is 2.54. The highest BCUT2D eigenvalue weighted by atomic mass is 16.1. The molecule has 1 aromatic rings. The summed E-state index contributed by atoms with van der Waals surface area (Å²) >= 11 is 0. The van der Waals surface area contributed by atoms with Gasteiger partial charge in [-0.15, -0.1) is 12.3 Å². The van der Waals surface area contributed by atoms with Crippen LogP contribution in [0.3, 0.4) is 0 Å². The lowest BCUT2D eigenvalue weighted by Crippen LogP contribution is -2.34. The molecule has 0 saturated carbocycles. The summed E-state index contributed by atoms with van der Waals surface area (Å²) in [5.74, 6) is 2.51. The second kappa shape index (κ2) is 7.52. The molecule has 0 aliphatic heterocycles. The topological polar surface area (TPSA) is 55.1 Å². The van der Waals surface area contributed by atoms with E-state index in [1.807, 2.05) is 31.2 Å². The van der Waals surface area contributed by atoms with Crippen molar-refractivity contribution < 1.29 is 4.79 Å². The maximum absolute atomic E-state index is 12.2. The number of terminal acetylenes is 1. The Bertz CT molecular complexity index is 434. The zero-order valence-electron chi connectivity index (χ0n) is 10.8. The van der Waals surface area contributed by atoms with Crippen molar-refractivity contribution in [3.05, 3.63) is 35.4 Å². The van der Waals surface area contributed by atoms with Gasteiger partial charge >= 0.3 is 0 Å². The Morgan fingerprint density at radius 1 is 1.50 bits per heavy atom. The molecule has 0 aliphatic rings. The van der Waals surface area contributed by atoms with Gasteiger partial charge in [0.05, 0.1) is 0 Å². The van der Waals surface area contributed by atoms with E-state index < -0.39 is 0 Å². The number of amides is 1. The Morgan fingerprint density at radius 3 is 2.83 bits per heavy atom. The summed E-state index contributed by atoms with van der Waals surface area (Å²) in [4.78, 5) is 12.2. The molecule has 0 heterocycles. The van der Waals surface area contributed by atoms with Crippen molar-refractivity contribution in [3.8, 4) is 12.3 Å². The summed E-state index contributed by atoms with van der Waals surface area (Å²) in [5, 5.41) is 2.96. The minimum absolute atomic E-state index is 0.0356. The number of nitrogens with one attached hydrogen (secondary N) is 1. The van der Waals surface area contributed by atoms with E-state index in [9.17, 15) is 4.79 Å². The largest absolute Gasteiger partial charge is 0.348 e. The Morgan fingerprint density at radius 2 is 2.22 bits per heavy atom. The summed E-state index contributed by atoms with van der Waals surface area (Å²) in [6.07, 6.45) is 7.37. The van der Waals surface area contributed by atoms with Gasteiger partial charge in [-0.1, -0.05) is 25.1 Å². The van der Waals surface area contributed by atoms with Crippen LogP contribution in [0.4, 0.5) is 0 Å². The van der Waals surface area contributed by atoms with E-state index in [0.717, 1.165) is 12.0 Å². The average molecular weight is 244 g/mol. The van der Waals surface area contributed by atoms with Crippen molar-refractivity contribution in [1.82, 2.24) is 5.32 Å². The maximum Gasteiger partial charge on any atom is 0.251 e. The fraction of sp³-hybridized carbons (Fsp3) is 0.400. The lowest BCUT2D eigenvalue weighted by molar-refractivity contribution is 0.0936. The van der Waals surface area contributed by atoms with Crippen LogP contribution >= 0.6 is 0 Å². The maximum atomic E-state index is 12.2. The highest BCUT2D eigenvalue weighted by molar-refractivity contribution is 5.95. The molecule has 0 aromatic heterocycles. The lowest BCUT2D eigenvalue weighted by atomic mass is 10.0. The SMILES string of the molecule is C#CCC(CC)NC(=O)c1ccccc1CCN. The van der Waals surface area contributed by atoms with E-state index in [4.69, 9.17) is 12.2 Å². The number of rotatable bonds is 6. The molecule has 1 aromatic carbocycles. The highest BCUT2D eigenvalue weighted by Gasteiger charge is 2.13. The Labute approximate surface area is 109 Å². The molecule has 3 heteroatoms. The van der Waals surface area contributed by atoms with Crippen LogP contribution in [-0.2, 0) is 6.42 Å². The van der Waals surface area contributed by atoms with Crippen molar-refractivity contribution in [2.24, 2.45) is 5.73 Å². The first-order valence-electron chi connectivity index (χ1n) is 6.25. The van der Waals surface area contributed by atoms with Crippen molar-refractivity contribution in [2.45, 2.75) is 32.2 Å². The molecule has 3 N–H and O–H groups in total. The smallest absolute Gasteiger partial charge is 0.251 e. The standard InChI is InChI=1S/C15H20N2O/c1-3-7-13(4-2)17-15(18)14-9-6-5-8-12(14)10-11-16/h1,5-6,8-9,13H,4,7,10-11,16H2,2H3,(H,17,18). The van der Waals surface area contributed by atoms with Gasteiger partial charge in [0.15, 0.2) is 0 Å². The number of benzene rings is 1. The molecule has 0 radical (unpaired) electrons. The normalized spacial score (nSPS) is 11.6. The fourth-order valence-electron chi connectivity index (χ4n) is 1.82. The second-order valence-corrected chi connectivity index (χ2v) is 4.18. The molecule has 0 spiro atoms. The number of hydrogen-bond donors (Lipinski definition) is 2. The van der Waals surface area contributed by atoms with E-state index in [1.165, 1.54) is 0 Å². The third kappa shape index (κ3) is 3.90. The van der Waals surface area contributed by atoms with Crippen molar-refractivity contribution in [1.29, 1.82) is 0 Å². The molecule has 0 aliphatic carbocycles. The van der Waals surface area contributed by atoms with Gasteiger partial charge in [-0.05, 0) is 31.0 Å². The van der Waals surface area contributed by atoms with Gasteiger partial charge in [-0.2, -0.15) is 0 Å². The van der Waals surface area contributed by atoms with Crippen molar-refractivity contribution in [2.75, 3.05) is 6.54 Å². The first kappa shape index (κ1) is 14.3. The van der Waals surface area contributed by atoms with E-state index in [2.05, 4.69) is 11.2 Å². The van der Waals surface area contributed by atoms with Gasteiger partial charge in [0.1, 0.15) is 0 Å². The van der Waals surface area contributed by atoms with Gasteiger partial charge in [-0.3, -0.25) is 4.79 Å². The van der Waals surface area contributed by atoms with Crippen LogP contribution in [0.1, 0.15) is 35.7 Å². The number of carbonyl (C=O) groups excluding carboxylic acids is 1. The molecule has 0 saturated heterocycles. The molecule has 0 fully saturated rings. The van der Waals surface area contributed by atoms with E-state index in [0.29, 0.717) is 24.9 Å². The van der Waals surface area contributed by atoms with E-state index in [1.54, 1.807) is 0 Å². The minimum Gasteiger partial charge on any atom is -0.348 e. The van der Waals surface area contributed by atoms with Gasteiger partial charge in [-0.25, -0.2) is 0 Å². The molecule has 1 unspecified atom stereocenters. The molecule has 96 valence electrons. The van der Waals surface area contributed by atoms with Crippen LogP contribution in [0.5, 0.6) is 0 Å². The van der Waals surface area contributed by atoms with Crippen LogP contribution in [0.2, 0.25) is 0 Å². The fourth-order valence-corrected chi connectivity index (χ4v) is 1.82. The Hall–Kier alpha value is -1.79. The van der Waals surface area contributed by atoms with Crippen LogP contribution in [-0.4, -0.2) is 18.5 Å². The van der Waals surface area contributed by atoms with E-state index >= 15 is 0 Å². The first-order chi connectivity index (χ1) is 8.72. The molecular weight excluding hydrogens is 224 g/mol. The molecule has 0 bridgehead atoms. The van der Waals surface area contributed by atoms with Crippen LogP contribution in [0.25, 0.3) is 0 Å². The van der Waals surface area contributed by atoms with Crippen molar-refractivity contribution in [3.63, 3.8) is 0 Å². The highest BCUT2D eigenvalue weighted by Crippen LogP contribution is 2.10. The second-order valence-electron chi connectivity index (χ2n) is 4.18. The lowest BCUT2D eigenvalue weighted by Gasteiger charge is -2.15.